The highest BCUT2D eigenvalue weighted by molar-refractivity contribution is 5.88. The van der Waals surface area contributed by atoms with E-state index in [1.807, 2.05) is 29.8 Å². The Balaban J connectivity index is 1.55. The van der Waals surface area contributed by atoms with E-state index in [1.54, 1.807) is 37.0 Å². The fraction of sp³-hybridized carbons (Fsp3) is 0.217. The van der Waals surface area contributed by atoms with Gasteiger partial charge in [-0.15, -0.1) is 0 Å². The Hall–Kier alpha value is -4.18. The summed E-state index contributed by atoms with van der Waals surface area (Å²) in [6, 6.07) is 9.30. The van der Waals surface area contributed by atoms with Crippen LogP contribution in [0, 0.1) is 0 Å². The lowest BCUT2D eigenvalue weighted by Gasteiger charge is -2.28. The summed E-state index contributed by atoms with van der Waals surface area (Å²) in [6.45, 7) is 2.74. The maximum Gasteiger partial charge on any atom is 0.196 e. The van der Waals surface area contributed by atoms with Crippen molar-refractivity contribution in [1.82, 2.24) is 34.5 Å². The molecule has 1 aliphatic rings. The smallest absolute Gasteiger partial charge is 0.196 e. The van der Waals surface area contributed by atoms with Crippen LogP contribution in [0.3, 0.4) is 0 Å². The van der Waals surface area contributed by atoms with E-state index in [2.05, 4.69) is 19.9 Å². The van der Waals surface area contributed by atoms with Crippen LogP contribution in [0.15, 0.2) is 59.6 Å². The number of morpholine rings is 1. The van der Waals surface area contributed by atoms with Crippen molar-refractivity contribution in [2.75, 3.05) is 31.2 Å². The molecule has 0 radical (unpaired) electrons. The number of furan rings is 1. The molecule has 0 atom stereocenters. The fourth-order valence-corrected chi connectivity index (χ4v) is 3.92. The highest BCUT2D eigenvalue weighted by atomic mass is 16.5. The van der Waals surface area contributed by atoms with Crippen molar-refractivity contribution in [3.05, 3.63) is 55.2 Å². The number of fused-ring (bicyclic) bond motifs is 1. The molecule has 5 aromatic heterocycles. The van der Waals surface area contributed by atoms with E-state index in [9.17, 15) is 0 Å². The summed E-state index contributed by atoms with van der Waals surface area (Å²) in [5.74, 6) is 3.15. The van der Waals surface area contributed by atoms with E-state index in [1.165, 1.54) is 0 Å². The lowest BCUT2D eigenvalue weighted by molar-refractivity contribution is 0.122. The molecule has 0 spiro atoms. The molecule has 0 aromatic carbocycles. The van der Waals surface area contributed by atoms with Gasteiger partial charge >= 0.3 is 0 Å². The van der Waals surface area contributed by atoms with Crippen LogP contribution in [0.4, 0.5) is 5.82 Å². The van der Waals surface area contributed by atoms with Crippen LogP contribution < -0.4 is 4.90 Å². The highest BCUT2D eigenvalue weighted by Gasteiger charge is 2.23. The van der Waals surface area contributed by atoms with Crippen molar-refractivity contribution in [3.63, 3.8) is 0 Å². The van der Waals surface area contributed by atoms with Gasteiger partial charge in [0.15, 0.2) is 34.4 Å². The molecule has 1 saturated heterocycles. The summed E-state index contributed by atoms with van der Waals surface area (Å²) >= 11 is 0. The summed E-state index contributed by atoms with van der Waals surface area (Å²) in [6.07, 6.45) is 6.80. The lowest BCUT2D eigenvalue weighted by atomic mass is 10.2. The molecule has 0 N–H and O–H groups in total. The second-order valence-corrected chi connectivity index (χ2v) is 7.62. The molecule has 164 valence electrons. The third-order valence-corrected chi connectivity index (χ3v) is 5.58. The maximum absolute atomic E-state index is 5.55. The predicted octanol–water partition coefficient (Wildman–Crippen LogP) is 2.98. The normalized spacial score (nSPS) is 14.2. The monoisotopic (exact) mass is 440 g/mol. The Bertz CT molecular complexity index is 1410. The molecule has 5 aromatic rings. The topological polar surface area (TPSA) is 108 Å². The molecule has 0 amide bonds. The van der Waals surface area contributed by atoms with Gasteiger partial charge in [0.2, 0.25) is 0 Å². The van der Waals surface area contributed by atoms with Crippen LogP contribution >= 0.6 is 0 Å². The van der Waals surface area contributed by atoms with E-state index in [4.69, 9.17) is 24.1 Å². The molecule has 6 rings (SSSR count). The van der Waals surface area contributed by atoms with Crippen molar-refractivity contribution in [1.29, 1.82) is 0 Å². The number of aromatic nitrogens is 7. The number of rotatable bonds is 4. The number of hydrogen-bond donors (Lipinski definition) is 0. The summed E-state index contributed by atoms with van der Waals surface area (Å²) in [5, 5.41) is 0. The van der Waals surface area contributed by atoms with E-state index >= 15 is 0 Å². The minimum Gasteiger partial charge on any atom is -0.461 e. The average molecular weight is 440 g/mol. The summed E-state index contributed by atoms with van der Waals surface area (Å²) in [5.41, 5.74) is 3.04. The molecular formula is C23H20N8O2. The Morgan fingerprint density at radius 1 is 0.879 bits per heavy atom. The fourth-order valence-electron chi connectivity index (χ4n) is 3.92. The number of aryl methyl sites for hydroxylation is 1. The van der Waals surface area contributed by atoms with Gasteiger partial charge in [-0.1, -0.05) is 0 Å². The second kappa shape index (κ2) is 8.06. The molecular weight excluding hydrogens is 420 g/mol. The summed E-state index contributed by atoms with van der Waals surface area (Å²) in [4.78, 5) is 30.0. The Morgan fingerprint density at radius 3 is 2.52 bits per heavy atom. The molecule has 0 unspecified atom stereocenters. The zero-order valence-corrected chi connectivity index (χ0v) is 17.9. The van der Waals surface area contributed by atoms with Crippen LogP contribution in [-0.2, 0) is 11.8 Å². The van der Waals surface area contributed by atoms with Crippen molar-refractivity contribution in [2.24, 2.45) is 7.05 Å². The number of nitrogens with zero attached hydrogens (tertiary/aromatic N) is 8. The minimum absolute atomic E-state index is 0.483. The number of imidazole rings is 1. The quantitative estimate of drug-likeness (QED) is 0.417. The Morgan fingerprint density at radius 2 is 1.73 bits per heavy atom. The van der Waals surface area contributed by atoms with Crippen LogP contribution in [0.5, 0.6) is 0 Å². The first-order valence-corrected chi connectivity index (χ1v) is 10.6. The molecule has 0 bridgehead atoms. The second-order valence-electron chi connectivity index (χ2n) is 7.62. The van der Waals surface area contributed by atoms with Crippen LogP contribution in [0.1, 0.15) is 0 Å². The molecule has 1 fully saturated rings. The van der Waals surface area contributed by atoms with E-state index in [-0.39, 0.29) is 0 Å². The lowest BCUT2D eigenvalue weighted by Crippen LogP contribution is -2.37. The highest BCUT2D eigenvalue weighted by Crippen LogP contribution is 2.31. The van der Waals surface area contributed by atoms with Crippen LogP contribution in [-0.4, -0.2) is 60.8 Å². The van der Waals surface area contributed by atoms with Crippen LogP contribution in [0.2, 0.25) is 0 Å². The molecule has 10 nitrogen and oxygen atoms in total. The molecule has 1 aliphatic heterocycles. The van der Waals surface area contributed by atoms with Gasteiger partial charge in [-0.2, -0.15) is 0 Å². The third-order valence-electron chi connectivity index (χ3n) is 5.58. The van der Waals surface area contributed by atoms with Gasteiger partial charge < -0.3 is 18.6 Å². The SMILES string of the molecule is Cn1c(-c2ccncc2)nc2c(N3CCOCC3)nc(-c3ccnc(-c4ccco4)n3)nc21. The minimum atomic E-state index is 0.483. The summed E-state index contributed by atoms with van der Waals surface area (Å²) in [7, 11) is 1.96. The number of anilines is 1. The first-order chi connectivity index (χ1) is 16.3. The zero-order valence-electron chi connectivity index (χ0n) is 17.9. The molecule has 33 heavy (non-hydrogen) atoms. The number of hydrogen-bond acceptors (Lipinski definition) is 9. The Kier molecular flexibility index (Phi) is 4.76. The summed E-state index contributed by atoms with van der Waals surface area (Å²) < 4.78 is 13.0. The Labute approximate surface area is 189 Å². The van der Waals surface area contributed by atoms with Gasteiger partial charge in [-0.25, -0.2) is 24.9 Å². The number of ether oxygens (including phenoxy) is 1. The molecule has 6 heterocycles. The standard InChI is InChI=1S/C23H20N8O2/c1-30-21(15-4-7-24-8-5-15)27-18-22(30)28-19(29-23(18)31-10-13-32-14-11-31)16-6-9-25-20(26-16)17-3-2-12-33-17/h2-9,12H,10-11,13-14H2,1H3. The van der Waals surface area contributed by atoms with Crippen molar-refractivity contribution in [2.45, 2.75) is 0 Å². The number of pyridine rings is 1. The first kappa shape index (κ1) is 19.5. The predicted molar refractivity (Wildman–Crippen MR) is 121 cm³/mol. The van der Waals surface area contributed by atoms with E-state index in [0.717, 1.165) is 41.5 Å². The van der Waals surface area contributed by atoms with Gasteiger partial charge in [0, 0.05) is 44.3 Å². The van der Waals surface area contributed by atoms with Gasteiger partial charge in [0.25, 0.3) is 0 Å². The van der Waals surface area contributed by atoms with E-state index < -0.39 is 0 Å². The van der Waals surface area contributed by atoms with Gasteiger partial charge in [-0.05, 0) is 30.3 Å². The third kappa shape index (κ3) is 3.50. The van der Waals surface area contributed by atoms with Gasteiger partial charge in [-0.3, -0.25) is 4.98 Å². The van der Waals surface area contributed by atoms with Gasteiger partial charge in [0.1, 0.15) is 11.5 Å². The average Bonchev–Trinajstić information content (AvgIpc) is 3.54. The largest absolute Gasteiger partial charge is 0.461 e. The van der Waals surface area contributed by atoms with Gasteiger partial charge in [0.05, 0.1) is 19.5 Å². The van der Waals surface area contributed by atoms with Crippen LogP contribution in [0.25, 0.3) is 45.7 Å². The molecule has 0 aliphatic carbocycles. The zero-order chi connectivity index (χ0) is 22.2. The maximum atomic E-state index is 5.55. The first-order valence-electron chi connectivity index (χ1n) is 10.6. The van der Waals surface area contributed by atoms with E-state index in [0.29, 0.717) is 36.3 Å². The molecule has 10 heteroatoms. The van der Waals surface area contributed by atoms with Crippen molar-refractivity contribution in [3.8, 4) is 34.5 Å². The van der Waals surface area contributed by atoms with Crippen molar-refractivity contribution < 1.29 is 9.15 Å². The van der Waals surface area contributed by atoms with Crippen molar-refractivity contribution >= 4 is 17.0 Å². The molecule has 0 saturated carbocycles.